The molecule has 1 saturated heterocycles. The molecule has 0 radical (unpaired) electrons. The van der Waals surface area contributed by atoms with E-state index in [-0.39, 0.29) is 5.91 Å². The van der Waals surface area contributed by atoms with Gasteiger partial charge in [0.25, 0.3) is 0 Å². The van der Waals surface area contributed by atoms with E-state index in [4.69, 9.17) is 13.9 Å². The third-order valence-corrected chi connectivity index (χ3v) is 5.98. The van der Waals surface area contributed by atoms with Crippen molar-refractivity contribution in [3.8, 4) is 22.8 Å². The van der Waals surface area contributed by atoms with Gasteiger partial charge in [-0.05, 0) is 17.7 Å². The number of nitrogens with zero attached hydrogens (tertiary/aromatic N) is 3. The van der Waals surface area contributed by atoms with Crippen LogP contribution in [0, 0.1) is 0 Å². The maximum Gasteiger partial charge on any atom is 0.223 e. The third-order valence-electron chi connectivity index (χ3n) is 5.98. The van der Waals surface area contributed by atoms with E-state index in [2.05, 4.69) is 34.2 Å². The normalized spacial score (nSPS) is 14.5. The average molecular weight is 462 g/mol. The summed E-state index contributed by atoms with van der Waals surface area (Å²) in [5.74, 6) is 2.65. The second-order valence-corrected chi connectivity index (χ2v) is 8.18. The Hall–Kier alpha value is -3.58. The molecule has 4 rings (SSSR count). The number of benzene rings is 2. The maximum atomic E-state index is 12.7. The average Bonchev–Trinajstić information content (AvgIpc) is 3.36. The molecule has 2 heterocycles. The first-order chi connectivity index (χ1) is 16.7. The molecule has 178 valence electrons. The summed E-state index contributed by atoms with van der Waals surface area (Å²) in [6.45, 7) is 4.15. The van der Waals surface area contributed by atoms with Gasteiger partial charge in [0, 0.05) is 51.6 Å². The minimum Gasteiger partial charge on any atom is -0.497 e. The molecule has 2 aromatic carbocycles. The van der Waals surface area contributed by atoms with E-state index in [1.54, 1.807) is 26.5 Å². The highest BCUT2D eigenvalue weighted by molar-refractivity contribution is 5.76. The van der Waals surface area contributed by atoms with E-state index in [0.717, 1.165) is 38.3 Å². The highest BCUT2D eigenvalue weighted by Crippen LogP contribution is 2.33. The molecule has 34 heavy (non-hydrogen) atoms. The lowest BCUT2D eigenvalue weighted by Gasteiger charge is -2.34. The molecule has 1 fully saturated rings. The molecule has 7 heteroatoms. The van der Waals surface area contributed by atoms with Crippen molar-refractivity contribution < 1.29 is 18.7 Å². The number of ether oxygens (including phenoxy) is 2. The molecular weight excluding hydrogens is 430 g/mol. The molecular formula is C27H31N3O4. The molecule has 1 aliphatic heterocycles. The Morgan fingerprint density at radius 2 is 1.85 bits per heavy atom. The van der Waals surface area contributed by atoms with Crippen LogP contribution >= 0.6 is 0 Å². The van der Waals surface area contributed by atoms with Crippen molar-refractivity contribution in [1.82, 2.24) is 14.8 Å². The lowest BCUT2D eigenvalue weighted by atomic mass is 10.1. The number of rotatable bonds is 9. The number of carbonyl (C=O) groups is 1. The van der Waals surface area contributed by atoms with Gasteiger partial charge in [0.2, 0.25) is 5.91 Å². The van der Waals surface area contributed by atoms with Crippen molar-refractivity contribution in [1.29, 1.82) is 0 Å². The highest BCUT2D eigenvalue weighted by atomic mass is 16.5. The Labute approximate surface area is 200 Å². The van der Waals surface area contributed by atoms with E-state index >= 15 is 0 Å². The number of carbonyl (C=O) groups excluding carboxylic acids is 1. The summed E-state index contributed by atoms with van der Waals surface area (Å²) < 4.78 is 16.6. The quantitative estimate of drug-likeness (QED) is 0.477. The number of hydrogen-bond acceptors (Lipinski definition) is 6. The topological polar surface area (TPSA) is 68.0 Å². The van der Waals surface area contributed by atoms with Crippen LogP contribution in [0.25, 0.3) is 17.4 Å². The molecule has 0 unspecified atom stereocenters. The van der Waals surface area contributed by atoms with E-state index in [1.165, 1.54) is 5.56 Å². The number of methoxy groups -OCH3 is 2. The molecule has 1 aliphatic rings. The van der Waals surface area contributed by atoms with Crippen molar-refractivity contribution in [3.05, 3.63) is 72.3 Å². The van der Waals surface area contributed by atoms with Gasteiger partial charge in [-0.15, -0.1) is 0 Å². The molecule has 1 aromatic heterocycles. The number of amides is 1. The molecule has 0 bridgehead atoms. The number of aromatic nitrogens is 1. The third kappa shape index (κ3) is 6.05. The Morgan fingerprint density at radius 1 is 1.06 bits per heavy atom. The van der Waals surface area contributed by atoms with Crippen LogP contribution in [0.15, 0.2) is 65.2 Å². The summed E-state index contributed by atoms with van der Waals surface area (Å²) in [6.07, 6.45) is 6.85. The Morgan fingerprint density at radius 3 is 2.59 bits per heavy atom. The first kappa shape index (κ1) is 23.6. The van der Waals surface area contributed by atoms with E-state index in [0.29, 0.717) is 36.0 Å². The van der Waals surface area contributed by atoms with Crippen LogP contribution in [0.4, 0.5) is 0 Å². The second kappa shape index (κ2) is 11.5. The Balaban J connectivity index is 1.24. The first-order valence-electron chi connectivity index (χ1n) is 11.5. The molecule has 3 aromatic rings. The highest BCUT2D eigenvalue weighted by Gasteiger charge is 2.21. The monoisotopic (exact) mass is 461 g/mol. The summed E-state index contributed by atoms with van der Waals surface area (Å²) in [5.41, 5.74) is 2.00. The molecule has 0 aliphatic carbocycles. The van der Waals surface area contributed by atoms with Gasteiger partial charge in [0.15, 0.2) is 11.7 Å². The summed E-state index contributed by atoms with van der Waals surface area (Å²) in [6, 6.07) is 15.8. The number of aryl methyl sites for hydroxylation is 1. The van der Waals surface area contributed by atoms with Gasteiger partial charge in [0.1, 0.15) is 11.5 Å². The van der Waals surface area contributed by atoms with Gasteiger partial charge < -0.3 is 18.8 Å². The second-order valence-electron chi connectivity index (χ2n) is 8.18. The minimum absolute atomic E-state index is 0.140. The fourth-order valence-corrected chi connectivity index (χ4v) is 4.01. The molecule has 1 amide bonds. The van der Waals surface area contributed by atoms with Crippen LogP contribution in [0.2, 0.25) is 0 Å². The van der Waals surface area contributed by atoms with Crippen LogP contribution in [0.5, 0.6) is 11.5 Å². The summed E-state index contributed by atoms with van der Waals surface area (Å²) >= 11 is 0. The first-order valence-corrected chi connectivity index (χ1v) is 11.5. The number of piperazine rings is 1. The van der Waals surface area contributed by atoms with Crippen molar-refractivity contribution in [3.63, 3.8) is 0 Å². The van der Waals surface area contributed by atoms with Crippen LogP contribution in [-0.2, 0) is 11.2 Å². The lowest BCUT2D eigenvalue weighted by Crippen LogP contribution is -2.48. The Kier molecular flexibility index (Phi) is 7.99. The largest absolute Gasteiger partial charge is 0.497 e. The van der Waals surface area contributed by atoms with Crippen LogP contribution < -0.4 is 9.47 Å². The smallest absolute Gasteiger partial charge is 0.223 e. The molecule has 0 atom stereocenters. The zero-order valence-corrected chi connectivity index (χ0v) is 19.8. The summed E-state index contributed by atoms with van der Waals surface area (Å²) in [5, 5.41) is 0. The van der Waals surface area contributed by atoms with Gasteiger partial charge in [-0.1, -0.05) is 42.5 Å². The van der Waals surface area contributed by atoms with Gasteiger partial charge >= 0.3 is 0 Å². The van der Waals surface area contributed by atoms with Gasteiger partial charge in [-0.25, -0.2) is 4.98 Å². The van der Waals surface area contributed by atoms with Crippen molar-refractivity contribution in [2.24, 2.45) is 0 Å². The number of hydrogen-bond donors (Lipinski definition) is 0. The molecule has 0 N–H and O–H groups in total. The molecule has 7 nitrogen and oxygen atoms in total. The van der Waals surface area contributed by atoms with E-state index in [9.17, 15) is 4.79 Å². The van der Waals surface area contributed by atoms with Gasteiger partial charge in [-0.2, -0.15) is 0 Å². The maximum absolute atomic E-state index is 12.7. The zero-order valence-electron chi connectivity index (χ0n) is 19.8. The van der Waals surface area contributed by atoms with Crippen LogP contribution in [-0.4, -0.2) is 67.6 Å². The lowest BCUT2D eigenvalue weighted by molar-refractivity contribution is -0.132. The van der Waals surface area contributed by atoms with Gasteiger partial charge in [0.05, 0.1) is 26.0 Å². The standard InChI is InChI=1S/C27H31N3O4/c1-32-22-10-11-23(24(19-22)33-2)25-20-28-26(34-25)12-13-27(31)30-17-15-29(16-18-30)14-6-9-21-7-4-3-5-8-21/h3-11,19-20H,12-18H2,1-2H3/b9-6+. The van der Waals surface area contributed by atoms with E-state index in [1.807, 2.05) is 35.2 Å². The summed E-state index contributed by atoms with van der Waals surface area (Å²) in [4.78, 5) is 21.4. The minimum atomic E-state index is 0.140. The zero-order chi connectivity index (χ0) is 23.8. The van der Waals surface area contributed by atoms with Crippen molar-refractivity contribution >= 4 is 12.0 Å². The van der Waals surface area contributed by atoms with Crippen molar-refractivity contribution in [2.75, 3.05) is 46.9 Å². The fraction of sp³-hybridized carbons (Fsp3) is 0.333. The fourth-order valence-electron chi connectivity index (χ4n) is 4.01. The molecule has 0 saturated carbocycles. The summed E-state index contributed by atoms with van der Waals surface area (Å²) in [7, 11) is 3.22. The predicted octanol–water partition coefficient (Wildman–Crippen LogP) is 4.15. The number of oxazole rings is 1. The molecule has 0 spiro atoms. The van der Waals surface area contributed by atoms with Crippen LogP contribution in [0.1, 0.15) is 17.9 Å². The Bertz CT molecular complexity index is 1100. The van der Waals surface area contributed by atoms with Gasteiger partial charge in [-0.3, -0.25) is 9.69 Å². The predicted molar refractivity (Wildman–Crippen MR) is 132 cm³/mol. The van der Waals surface area contributed by atoms with Crippen molar-refractivity contribution in [2.45, 2.75) is 12.8 Å². The SMILES string of the molecule is COc1ccc(-c2cnc(CCC(=O)N3CCN(C/C=C/c4ccccc4)CC3)o2)c(OC)c1. The van der Waals surface area contributed by atoms with Crippen LogP contribution in [0.3, 0.4) is 0 Å². The van der Waals surface area contributed by atoms with E-state index < -0.39 is 0 Å².